The van der Waals surface area contributed by atoms with Crippen LogP contribution in [0, 0.1) is 6.92 Å². The summed E-state index contributed by atoms with van der Waals surface area (Å²) in [6, 6.07) is 23.3. The van der Waals surface area contributed by atoms with Crippen molar-refractivity contribution in [1.82, 2.24) is 30.1 Å². The van der Waals surface area contributed by atoms with E-state index in [1.165, 1.54) is 22.0 Å². The van der Waals surface area contributed by atoms with Gasteiger partial charge in [0.1, 0.15) is 16.5 Å². The number of anilines is 1. The second-order valence-electron chi connectivity index (χ2n) is 8.98. The maximum absolute atomic E-state index is 12.6. The van der Waals surface area contributed by atoms with Crippen LogP contribution < -0.4 is 15.9 Å². The Morgan fingerprint density at radius 3 is 2.60 bits per heavy atom. The number of carbonyl (C=O) groups is 1. The van der Waals surface area contributed by atoms with Crippen LogP contribution in [-0.4, -0.2) is 48.8 Å². The second-order valence-corrected chi connectivity index (χ2v) is 10.9. The van der Waals surface area contributed by atoms with Crippen molar-refractivity contribution in [1.29, 1.82) is 0 Å². The van der Waals surface area contributed by atoms with E-state index in [9.17, 15) is 4.79 Å². The Hall–Kier alpha value is -4.68. The minimum absolute atomic E-state index is 0.119. The number of nitrogens with two attached hydrogens (primary N) is 1. The fraction of sp³-hybridized carbons (Fsp3) is 0.107. The lowest BCUT2D eigenvalue weighted by Gasteiger charge is -2.06. The monoisotopic (exact) mass is 568 g/mol. The number of fused-ring (bicyclic) bond motifs is 1. The molecule has 0 aliphatic heterocycles. The second kappa shape index (κ2) is 10.8. The topological polar surface area (TPSA) is 137 Å². The number of hydrogen-bond acceptors (Lipinski definition) is 9. The summed E-state index contributed by atoms with van der Waals surface area (Å²) in [7, 11) is 1.62. The number of carbonyl (C=O) groups excluding carboxylic acids is 1. The molecule has 0 aliphatic carbocycles. The lowest BCUT2D eigenvalue weighted by Crippen LogP contribution is -2.16. The van der Waals surface area contributed by atoms with Gasteiger partial charge in [0.25, 0.3) is 0 Å². The average Bonchev–Trinajstić information content (AvgIpc) is 3.71. The smallest absolute Gasteiger partial charge is 0.234 e. The van der Waals surface area contributed by atoms with E-state index in [0.29, 0.717) is 22.4 Å². The number of thioether (sulfide) groups is 1. The molecule has 0 atom stereocenters. The van der Waals surface area contributed by atoms with Crippen molar-refractivity contribution in [3.63, 3.8) is 0 Å². The number of thiazole rings is 1. The van der Waals surface area contributed by atoms with Crippen LogP contribution in [0.2, 0.25) is 0 Å². The van der Waals surface area contributed by atoms with Crippen LogP contribution in [0.5, 0.6) is 5.75 Å². The highest BCUT2D eigenvalue weighted by molar-refractivity contribution is 7.99. The molecular weight excluding hydrogens is 544 g/mol. The summed E-state index contributed by atoms with van der Waals surface area (Å²) in [5.74, 6) is 7.36. The number of aromatic nitrogens is 6. The fourth-order valence-corrected chi connectivity index (χ4v) is 5.81. The van der Waals surface area contributed by atoms with E-state index in [0.717, 1.165) is 37.8 Å². The molecule has 3 aromatic heterocycles. The lowest BCUT2D eigenvalue weighted by atomic mass is 10.1. The normalized spacial score (nSPS) is 11.2. The Labute approximate surface area is 237 Å². The molecule has 0 saturated heterocycles. The predicted molar refractivity (Wildman–Crippen MR) is 159 cm³/mol. The highest BCUT2D eigenvalue weighted by Crippen LogP contribution is 2.31. The summed E-state index contributed by atoms with van der Waals surface area (Å²) < 4.78 is 7.71. The Morgan fingerprint density at radius 1 is 1.05 bits per heavy atom. The number of benzene rings is 3. The third-order valence-corrected chi connectivity index (χ3v) is 8.17. The summed E-state index contributed by atoms with van der Waals surface area (Å²) >= 11 is 2.85. The van der Waals surface area contributed by atoms with Gasteiger partial charge < -0.3 is 15.9 Å². The summed E-state index contributed by atoms with van der Waals surface area (Å²) in [6.07, 6.45) is 0. The molecule has 4 N–H and O–H groups in total. The fourth-order valence-electron chi connectivity index (χ4n) is 4.08. The first-order valence-corrected chi connectivity index (χ1v) is 14.1. The van der Waals surface area contributed by atoms with Crippen LogP contribution in [0.1, 0.15) is 5.56 Å². The molecule has 0 fully saturated rings. The van der Waals surface area contributed by atoms with Gasteiger partial charge in [-0.25, -0.2) is 9.66 Å². The number of methoxy groups -OCH3 is 1. The molecule has 0 bridgehead atoms. The van der Waals surface area contributed by atoms with Crippen LogP contribution in [0.25, 0.3) is 43.6 Å². The van der Waals surface area contributed by atoms with Crippen molar-refractivity contribution >= 4 is 44.9 Å². The predicted octanol–water partition coefficient (Wildman–Crippen LogP) is 5.37. The molecule has 3 aromatic carbocycles. The summed E-state index contributed by atoms with van der Waals surface area (Å²) in [5.41, 5.74) is 6.16. The standard InChI is InChI=1S/C28H24N8O2S2/c1-16-3-12-21-24(13-16)40-27(31-21)18-4-8-19(9-5-18)30-25(37)15-39-28-35-34-26(36(28)29)23-14-22(32-33-23)17-6-10-20(38-2)11-7-17/h3-14H,15,29H2,1-2H3,(H,30,37)(H,32,33). The van der Waals surface area contributed by atoms with Gasteiger partial charge >= 0.3 is 0 Å². The third-order valence-electron chi connectivity index (χ3n) is 6.16. The zero-order valence-electron chi connectivity index (χ0n) is 21.6. The molecule has 0 unspecified atom stereocenters. The molecule has 40 heavy (non-hydrogen) atoms. The first kappa shape index (κ1) is 25.6. The van der Waals surface area contributed by atoms with Gasteiger partial charge in [0.05, 0.1) is 28.8 Å². The Balaban J connectivity index is 1.07. The first-order chi connectivity index (χ1) is 19.5. The number of nitrogens with one attached hydrogen (secondary N) is 2. The van der Waals surface area contributed by atoms with Crippen LogP contribution in [0.4, 0.5) is 5.69 Å². The average molecular weight is 569 g/mol. The van der Waals surface area contributed by atoms with Crippen molar-refractivity contribution in [2.75, 3.05) is 24.0 Å². The molecule has 6 rings (SSSR count). The Kier molecular flexibility index (Phi) is 6.93. The van der Waals surface area contributed by atoms with E-state index in [-0.39, 0.29) is 11.7 Å². The number of aryl methyl sites for hydroxylation is 1. The molecule has 6 aromatic rings. The Bertz CT molecular complexity index is 1810. The number of hydrogen-bond donors (Lipinski definition) is 3. The van der Waals surface area contributed by atoms with Gasteiger partial charge in [-0.1, -0.05) is 17.8 Å². The molecule has 12 heteroatoms. The minimum Gasteiger partial charge on any atom is -0.497 e. The number of nitrogen functional groups attached to an aromatic ring is 1. The number of H-pyrrole nitrogens is 1. The van der Waals surface area contributed by atoms with Gasteiger partial charge in [-0.15, -0.1) is 21.5 Å². The van der Waals surface area contributed by atoms with Crippen LogP contribution in [-0.2, 0) is 4.79 Å². The maximum Gasteiger partial charge on any atom is 0.234 e. The summed E-state index contributed by atoms with van der Waals surface area (Å²) in [6.45, 7) is 2.07. The van der Waals surface area contributed by atoms with E-state index < -0.39 is 0 Å². The maximum atomic E-state index is 12.6. The molecule has 3 heterocycles. The SMILES string of the molecule is COc1ccc(-c2cc(-c3nnc(SCC(=O)Nc4ccc(-c5nc6ccc(C)cc6s5)cc4)n3N)[nH]n2)cc1. The van der Waals surface area contributed by atoms with E-state index >= 15 is 0 Å². The number of amides is 1. The highest BCUT2D eigenvalue weighted by atomic mass is 32.2. The molecule has 10 nitrogen and oxygen atoms in total. The van der Waals surface area contributed by atoms with Crippen molar-refractivity contribution < 1.29 is 9.53 Å². The van der Waals surface area contributed by atoms with E-state index in [1.54, 1.807) is 18.4 Å². The van der Waals surface area contributed by atoms with Crippen molar-refractivity contribution in [3.8, 4) is 39.1 Å². The molecule has 0 aliphatic rings. The van der Waals surface area contributed by atoms with Crippen LogP contribution in [0.3, 0.4) is 0 Å². The van der Waals surface area contributed by atoms with E-state index in [4.69, 9.17) is 15.6 Å². The van der Waals surface area contributed by atoms with Gasteiger partial charge in [0.15, 0.2) is 0 Å². The lowest BCUT2D eigenvalue weighted by molar-refractivity contribution is -0.113. The minimum atomic E-state index is -0.180. The molecule has 0 spiro atoms. The van der Waals surface area contributed by atoms with E-state index in [1.807, 2.05) is 60.7 Å². The van der Waals surface area contributed by atoms with Gasteiger partial charge in [0, 0.05) is 16.8 Å². The third kappa shape index (κ3) is 5.26. The van der Waals surface area contributed by atoms with E-state index in [2.05, 4.69) is 44.8 Å². The highest BCUT2D eigenvalue weighted by Gasteiger charge is 2.17. The van der Waals surface area contributed by atoms with Crippen LogP contribution >= 0.6 is 23.1 Å². The number of ether oxygens (including phenoxy) is 1. The zero-order chi connectivity index (χ0) is 27.6. The number of rotatable bonds is 8. The van der Waals surface area contributed by atoms with Crippen molar-refractivity contribution in [2.45, 2.75) is 12.1 Å². The molecule has 0 saturated carbocycles. The molecule has 0 radical (unpaired) electrons. The Morgan fingerprint density at radius 2 is 1.82 bits per heavy atom. The molecule has 1 amide bonds. The quantitative estimate of drug-likeness (QED) is 0.165. The first-order valence-electron chi connectivity index (χ1n) is 12.3. The molecular formula is C28H24N8O2S2. The van der Waals surface area contributed by atoms with Gasteiger partial charge in [-0.3, -0.25) is 9.89 Å². The summed E-state index contributed by atoms with van der Waals surface area (Å²) in [4.78, 5) is 17.3. The zero-order valence-corrected chi connectivity index (χ0v) is 23.2. The summed E-state index contributed by atoms with van der Waals surface area (Å²) in [5, 5.41) is 19.9. The number of aromatic amines is 1. The largest absolute Gasteiger partial charge is 0.497 e. The van der Waals surface area contributed by atoms with Gasteiger partial charge in [-0.2, -0.15) is 5.10 Å². The molecule has 200 valence electrons. The van der Waals surface area contributed by atoms with Crippen molar-refractivity contribution in [3.05, 3.63) is 78.4 Å². The number of nitrogens with zero attached hydrogens (tertiary/aromatic N) is 5. The van der Waals surface area contributed by atoms with Gasteiger partial charge in [-0.05, 0) is 79.2 Å². The van der Waals surface area contributed by atoms with Crippen molar-refractivity contribution in [2.24, 2.45) is 0 Å². The van der Waals surface area contributed by atoms with Crippen LogP contribution in [0.15, 0.2) is 78.0 Å². The van der Waals surface area contributed by atoms with Gasteiger partial charge in [0.2, 0.25) is 16.9 Å².